The van der Waals surface area contributed by atoms with Crippen LogP contribution in [0.15, 0.2) is 30.6 Å². The SMILES string of the molecule is CC(Nc1cncc(C(=O)N2CCCC2)n1)c1ccc2c(c1)OCCO2. The average Bonchev–Trinajstić information content (AvgIpc) is 3.22. The summed E-state index contributed by atoms with van der Waals surface area (Å²) in [5.74, 6) is 2.06. The zero-order chi connectivity index (χ0) is 17.9. The number of likely N-dealkylation sites (tertiary alicyclic amines) is 1. The van der Waals surface area contributed by atoms with Crippen molar-refractivity contribution in [3.05, 3.63) is 41.9 Å². The fraction of sp³-hybridized carbons (Fsp3) is 0.421. The number of nitrogens with one attached hydrogen (secondary N) is 1. The van der Waals surface area contributed by atoms with Gasteiger partial charge in [-0.2, -0.15) is 0 Å². The molecule has 7 nitrogen and oxygen atoms in total. The van der Waals surface area contributed by atoms with E-state index in [0.29, 0.717) is 24.7 Å². The van der Waals surface area contributed by atoms with Crippen LogP contribution in [0.3, 0.4) is 0 Å². The summed E-state index contributed by atoms with van der Waals surface area (Å²) in [6, 6.07) is 5.87. The summed E-state index contributed by atoms with van der Waals surface area (Å²) in [6.07, 6.45) is 5.27. The minimum atomic E-state index is -0.0503. The zero-order valence-electron chi connectivity index (χ0n) is 14.8. The Morgan fingerprint density at radius 3 is 2.73 bits per heavy atom. The molecule has 26 heavy (non-hydrogen) atoms. The lowest BCUT2D eigenvalue weighted by atomic mass is 10.1. The van der Waals surface area contributed by atoms with E-state index in [-0.39, 0.29) is 11.9 Å². The number of carbonyl (C=O) groups excluding carboxylic acids is 1. The van der Waals surface area contributed by atoms with E-state index in [1.807, 2.05) is 30.0 Å². The first kappa shape index (κ1) is 16.6. The zero-order valence-corrected chi connectivity index (χ0v) is 14.8. The lowest BCUT2D eigenvalue weighted by Crippen LogP contribution is -2.28. The fourth-order valence-corrected chi connectivity index (χ4v) is 3.26. The molecule has 1 fully saturated rings. The molecule has 1 saturated heterocycles. The number of aromatic nitrogens is 2. The van der Waals surface area contributed by atoms with Crippen LogP contribution in [0, 0.1) is 0 Å². The summed E-state index contributed by atoms with van der Waals surface area (Å²) in [5.41, 5.74) is 1.43. The average molecular weight is 354 g/mol. The molecule has 0 bridgehead atoms. The van der Waals surface area contributed by atoms with Crippen molar-refractivity contribution in [3.8, 4) is 11.5 Å². The first-order valence-electron chi connectivity index (χ1n) is 8.98. The molecule has 1 aromatic heterocycles. The van der Waals surface area contributed by atoms with Gasteiger partial charge in [0.1, 0.15) is 24.7 Å². The van der Waals surface area contributed by atoms with Crippen LogP contribution in [0.2, 0.25) is 0 Å². The molecular weight excluding hydrogens is 332 g/mol. The van der Waals surface area contributed by atoms with Gasteiger partial charge in [0.25, 0.3) is 5.91 Å². The van der Waals surface area contributed by atoms with Gasteiger partial charge < -0.3 is 19.7 Å². The molecule has 0 radical (unpaired) electrons. The van der Waals surface area contributed by atoms with Crippen LogP contribution in [-0.2, 0) is 0 Å². The number of carbonyl (C=O) groups is 1. The van der Waals surface area contributed by atoms with Gasteiger partial charge in [-0.25, -0.2) is 4.98 Å². The molecule has 2 aliphatic heterocycles. The number of hydrogen-bond acceptors (Lipinski definition) is 6. The molecule has 1 N–H and O–H groups in total. The molecule has 136 valence electrons. The Kier molecular flexibility index (Phi) is 4.60. The van der Waals surface area contributed by atoms with Crippen molar-refractivity contribution in [1.29, 1.82) is 0 Å². The van der Waals surface area contributed by atoms with Crippen molar-refractivity contribution in [1.82, 2.24) is 14.9 Å². The second-order valence-corrected chi connectivity index (χ2v) is 6.56. The Bertz CT molecular complexity index is 805. The van der Waals surface area contributed by atoms with Gasteiger partial charge in [0.2, 0.25) is 0 Å². The highest BCUT2D eigenvalue weighted by Crippen LogP contribution is 2.33. The lowest BCUT2D eigenvalue weighted by molar-refractivity contribution is 0.0786. The number of benzene rings is 1. The van der Waals surface area contributed by atoms with E-state index >= 15 is 0 Å². The first-order chi connectivity index (χ1) is 12.7. The number of rotatable bonds is 4. The molecule has 3 heterocycles. The maximum atomic E-state index is 12.5. The normalized spacial score (nSPS) is 17.0. The van der Waals surface area contributed by atoms with Crippen molar-refractivity contribution in [2.45, 2.75) is 25.8 Å². The van der Waals surface area contributed by atoms with Crippen LogP contribution in [-0.4, -0.2) is 47.1 Å². The Morgan fingerprint density at radius 2 is 1.92 bits per heavy atom. The standard InChI is InChI=1S/C19H22N4O3/c1-13(14-4-5-16-17(10-14)26-9-8-25-16)21-18-12-20-11-15(22-18)19(24)23-6-2-3-7-23/h4-5,10-13H,2-3,6-9H2,1H3,(H,21,22). The fourth-order valence-electron chi connectivity index (χ4n) is 3.26. The maximum Gasteiger partial charge on any atom is 0.274 e. The van der Waals surface area contributed by atoms with Crippen molar-refractivity contribution in [2.75, 3.05) is 31.6 Å². The maximum absolute atomic E-state index is 12.5. The van der Waals surface area contributed by atoms with Crippen molar-refractivity contribution in [3.63, 3.8) is 0 Å². The summed E-state index contributed by atoms with van der Waals surface area (Å²) in [7, 11) is 0. The second-order valence-electron chi connectivity index (χ2n) is 6.56. The highest BCUT2D eigenvalue weighted by atomic mass is 16.6. The quantitative estimate of drug-likeness (QED) is 0.910. The molecule has 1 atom stereocenters. The Hall–Kier alpha value is -2.83. The number of nitrogens with zero attached hydrogens (tertiary/aromatic N) is 3. The van der Waals surface area contributed by atoms with E-state index in [0.717, 1.165) is 43.0 Å². The minimum absolute atomic E-state index is 0.0164. The van der Waals surface area contributed by atoms with Gasteiger partial charge in [0.05, 0.1) is 18.4 Å². The summed E-state index contributed by atoms with van der Waals surface area (Å²) in [5, 5.41) is 3.31. The number of anilines is 1. The van der Waals surface area contributed by atoms with Crippen LogP contribution in [0.1, 0.15) is 41.9 Å². The molecule has 1 unspecified atom stereocenters. The Balaban J connectivity index is 1.48. The van der Waals surface area contributed by atoms with E-state index in [2.05, 4.69) is 15.3 Å². The molecule has 1 aromatic carbocycles. The molecule has 4 rings (SSSR count). The molecule has 1 amide bonds. The van der Waals surface area contributed by atoms with Crippen molar-refractivity contribution >= 4 is 11.7 Å². The third kappa shape index (κ3) is 3.42. The van der Waals surface area contributed by atoms with E-state index < -0.39 is 0 Å². The highest BCUT2D eigenvalue weighted by molar-refractivity contribution is 5.92. The first-order valence-corrected chi connectivity index (χ1v) is 8.98. The summed E-state index contributed by atoms with van der Waals surface area (Å²) in [6.45, 7) is 4.76. The molecule has 0 saturated carbocycles. The highest BCUT2D eigenvalue weighted by Gasteiger charge is 2.21. The van der Waals surface area contributed by atoms with Gasteiger partial charge in [-0.05, 0) is 37.5 Å². The Labute approximate surface area is 152 Å². The minimum Gasteiger partial charge on any atom is -0.486 e. The molecule has 7 heteroatoms. The molecule has 2 aliphatic rings. The number of amides is 1. The van der Waals surface area contributed by atoms with Crippen LogP contribution >= 0.6 is 0 Å². The molecule has 2 aromatic rings. The molecular formula is C19H22N4O3. The third-order valence-electron chi connectivity index (χ3n) is 4.68. The lowest BCUT2D eigenvalue weighted by Gasteiger charge is -2.21. The third-order valence-corrected chi connectivity index (χ3v) is 4.68. The van der Waals surface area contributed by atoms with Gasteiger partial charge in [0, 0.05) is 13.1 Å². The number of ether oxygens (including phenoxy) is 2. The van der Waals surface area contributed by atoms with Crippen molar-refractivity contribution in [2.24, 2.45) is 0 Å². The van der Waals surface area contributed by atoms with E-state index in [4.69, 9.17) is 9.47 Å². The van der Waals surface area contributed by atoms with Gasteiger partial charge in [0.15, 0.2) is 11.5 Å². The molecule has 0 spiro atoms. The van der Waals surface area contributed by atoms with Crippen molar-refractivity contribution < 1.29 is 14.3 Å². The predicted octanol–water partition coefficient (Wildman–Crippen LogP) is 2.66. The van der Waals surface area contributed by atoms with Gasteiger partial charge in [-0.15, -0.1) is 0 Å². The summed E-state index contributed by atoms with van der Waals surface area (Å²) in [4.78, 5) is 22.9. The Morgan fingerprint density at radius 1 is 1.15 bits per heavy atom. The van der Waals surface area contributed by atoms with Crippen LogP contribution in [0.4, 0.5) is 5.82 Å². The second kappa shape index (κ2) is 7.19. The van der Waals surface area contributed by atoms with E-state index in [9.17, 15) is 4.79 Å². The van der Waals surface area contributed by atoms with E-state index in [1.54, 1.807) is 6.20 Å². The van der Waals surface area contributed by atoms with Crippen LogP contribution in [0.5, 0.6) is 11.5 Å². The van der Waals surface area contributed by atoms with Crippen LogP contribution < -0.4 is 14.8 Å². The summed E-state index contributed by atoms with van der Waals surface area (Å²) >= 11 is 0. The van der Waals surface area contributed by atoms with Crippen LogP contribution in [0.25, 0.3) is 0 Å². The largest absolute Gasteiger partial charge is 0.486 e. The number of hydrogen-bond donors (Lipinski definition) is 1. The van der Waals surface area contributed by atoms with Gasteiger partial charge in [-0.3, -0.25) is 9.78 Å². The van der Waals surface area contributed by atoms with E-state index in [1.165, 1.54) is 6.20 Å². The van der Waals surface area contributed by atoms with Gasteiger partial charge >= 0.3 is 0 Å². The topological polar surface area (TPSA) is 76.6 Å². The number of fused-ring (bicyclic) bond motifs is 1. The monoisotopic (exact) mass is 354 g/mol. The summed E-state index contributed by atoms with van der Waals surface area (Å²) < 4.78 is 11.2. The predicted molar refractivity (Wildman–Crippen MR) is 96.6 cm³/mol. The smallest absolute Gasteiger partial charge is 0.274 e. The molecule has 0 aliphatic carbocycles. The van der Waals surface area contributed by atoms with Gasteiger partial charge in [-0.1, -0.05) is 6.07 Å².